The van der Waals surface area contributed by atoms with Crippen molar-refractivity contribution in [2.75, 3.05) is 13.7 Å². The number of nitrogens with one attached hydrogen (secondary N) is 2. The Bertz CT molecular complexity index is 290. The molecule has 3 N–H and O–H groups in total. The molecule has 2 amide bonds. The molecule has 17 heavy (non-hydrogen) atoms. The average molecular weight is 246 g/mol. The molecule has 7 nitrogen and oxygen atoms in total. The minimum atomic E-state index is -1.10. The van der Waals surface area contributed by atoms with Crippen molar-refractivity contribution < 1.29 is 24.2 Å². The smallest absolute Gasteiger partial charge is 0.326 e. The number of rotatable bonds is 6. The molecular formula is C10H18N2O5. The maximum Gasteiger partial charge on any atom is 0.326 e. The largest absolute Gasteiger partial charge is 0.480 e. The van der Waals surface area contributed by atoms with Crippen LogP contribution in [0.4, 0.5) is 4.79 Å². The van der Waals surface area contributed by atoms with Crippen LogP contribution in [0.25, 0.3) is 0 Å². The molecule has 0 bridgehead atoms. The first-order valence-electron chi connectivity index (χ1n) is 5.20. The number of hydrogen-bond donors (Lipinski definition) is 3. The summed E-state index contributed by atoms with van der Waals surface area (Å²) in [7, 11) is 1.20. The van der Waals surface area contributed by atoms with Crippen molar-refractivity contribution in [3.8, 4) is 0 Å². The summed E-state index contributed by atoms with van der Waals surface area (Å²) in [4.78, 5) is 32.8. The van der Waals surface area contributed by atoms with Crippen molar-refractivity contribution in [2.24, 2.45) is 5.92 Å². The minimum absolute atomic E-state index is 0.136. The Morgan fingerprint density at radius 2 is 1.88 bits per heavy atom. The first kappa shape index (κ1) is 15.2. The summed E-state index contributed by atoms with van der Waals surface area (Å²) in [6.07, 6.45) is 0.320. The number of carboxylic acids is 1. The lowest BCUT2D eigenvalue weighted by molar-refractivity contribution is -0.139. The molecular weight excluding hydrogens is 228 g/mol. The van der Waals surface area contributed by atoms with E-state index in [9.17, 15) is 14.4 Å². The minimum Gasteiger partial charge on any atom is -0.480 e. The van der Waals surface area contributed by atoms with Crippen LogP contribution in [0.5, 0.6) is 0 Å². The van der Waals surface area contributed by atoms with E-state index in [0.29, 0.717) is 6.42 Å². The first-order chi connectivity index (χ1) is 7.86. The summed E-state index contributed by atoms with van der Waals surface area (Å²) in [6, 6.07) is -1.67. The van der Waals surface area contributed by atoms with Gasteiger partial charge in [-0.05, 0) is 12.3 Å². The number of carbonyl (C=O) groups excluding carboxylic acids is 2. The highest BCUT2D eigenvalue weighted by molar-refractivity contribution is 5.84. The lowest BCUT2D eigenvalue weighted by atomic mass is 10.0. The molecule has 7 heteroatoms. The van der Waals surface area contributed by atoms with Gasteiger partial charge in [0.25, 0.3) is 0 Å². The molecule has 0 aliphatic carbocycles. The summed E-state index contributed by atoms with van der Waals surface area (Å²) in [5, 5.41) is 13.3. The molecule has 0 radical (unpaired) electrons. The third kappa shape index (κ3) is 7.15. The quantitative estimate of drug-likeness (QED) is 0.570. The van der Waals surface area contributed by atoms with E-state index in [4.69, 9.17) is 5.11 Å². The van der Waals surface area contributed by atoms with Gasteiger partial charge in [-0.2, -0.15) is 0 Å². The topological polar surface area (TPSA) is 105 Å². The number of esters is 1. The van der Waals surface area contributed by atoms with Crippen LogP contribution < -0.4 is 10.6 Å². The molecule has 0 aliphatic rings. The van der Waals surface area contributed by atoms with Crippen molar-refractivity contribution in [3.05, 3.63) is 0 Å². The van der Waals surface area contributed by atoms with Crippen LogP contribution in [0, 0.1) is 5.92 Å². The Kier molecular flexibility index (Phi) is 6.69. The molecule has 98 valence electrons. The monoisotopic (exact) mass is 246 g/mol. The molecule has 0 aromatic rings. The van der Waals surface area contributed by atoms with E-state index >= 15 is 0 Å². The van der Waals surface area contributed by atoms with Gasteiger partial charge in [0.05, 0.1) is 7.11 Å². The fourth-order valence-corrected chi connectivity index (χ4v) is 1.13. The van der Waals surface area contributed by atoms with Crippen LogP contribution in [-0.4, -0.2) is 42.8 Å². The van der Waals surface area contributed by atoms with Crippen LogP contribution in [0.1, 0.15) is 20.3 Å². The van der Waals surface area contributed by atoms with Gasteiger partial charge < -0.3 is 20.5 Å². The van der Waals surface area contributed by atoms with E-state index in [1.54, 1.807) is 0 Å². The fourth-order valence-electron chi connectivity index (χ4n) is 1.13. The zero-order valence-electron chi connectivity index (χ0n) is 10.1. The van der Waals surface area contributed by atoms with Gasteiger partial charge >= 0.3 is 18.0 Å². The lowest BCUT2D eigenvalue weighted by Gasteiger charge is -2.16. The molecule has 0 aromatic heterocycles. The Morgan fingerprint density at radius 1 is 1.29 bits per heavy atom. The van der Waals surface area contributed by atoms with Crippen LogP contribution in [0.2, 0.25) is 0 Å². The van der Waals surface area contributed by atoms with Gasteiger partial charge in [0, 0.05) is 0 Å². The lowest BCUT2D eigenvalue weighted by Crippen LogP contribution is -2.47. The molecule has 0 heterocycles. The Hall–Kier alpha value is -1.79. The van der Waals surface area contributed by atoms with Crippen molar-refractivity contribution in [1.82, 2.24) is 10.6 Å². The van der Waals surface area contributed by atoms with Gasteiger partial charge in [0.1, 0.15) is 12.6 Å². The van der Waals surface area contributed by atoms with Crippen LogP contribution in [0.3, 0.4) is 0 Å². The highest BCUT2D eigenvalue weighted by Gasteiger charge is 2.21. The zero-order chi connectivity index (χ0) is 13.4. The predicted octanol–water partition coefficient (Wildman–Crippen LogP) is -0.0421. The highest BCUT2D eigenvalue weighted by atomic mass is 16.5. The normalized spacial score (nSPS) is 11.8. The maximum absolute atomic E-state index is 11.3. The predicted molar refractivity (Wildman–Crippen MR) is 59.4 cm³/mol. The van der Waals surface area contributed by atoms with E-state index in [2.05, 4.69) is 15.4 Å². The van der Waals surface area contributed by atoms with Gasteiger partial charge in [0.15, 0.2) is 0 Å². The molecule has 0 aromatic carbocycles. The summed E-state index contributed by atoms with van der Waals surface area (Å²) >= 11 is 0. The number of methoxy groups -OCH3 is 1. The van der Waals surface area contributed by atoms with Crippen LogP contribution in [-0.2, 0) is 14.3 Å². The second-order valence-corrected chi connectivity index (χ2v) is 3.92. The number of hydrogen-bond acceptors (Lipinski definition) is 4. The third-order valence-corrected chi connectivity index (χ3v) is 1.93. The summed E-state index contributed by atoms with van der Waals surface area (Å²) in [5.74, 6) is -1.57. The Labute approximate surface area is 99.5 Å². The molecule has 0 aliphatic heterocycles. The van der Waals surface area contributed by atoms with E-state index < -0.39 is 24.0 Å². The third-order valence-electron chi connectivity index (χ3n) is 1.93. The summed E-state index contributed by atoms with van der Waals surface area (Å²) in [5.41, 5.74) is 0. The number of ether oxygens (including phenoxy) is 1. The van der Waals surface area contributed by atoms with Gasteiger partial charge in [-0.15, -0.1) is 0 Å². The van der Waals surface area contributed by atoms with Crippen molar-refractivity contribution >= 4 is 18.0 Å². The summed E-state index contributed by atoms with van der Waals surface area (Å²) < 4.78 is 4.32. The molecule has 0 saturated carbocycles. The van der Waals surface area contributed by atoms with Crippen LogP contribution in [0.15, 0.2) is 0 Å². The molecule has 0 rings (SSSR count). The van der Waals surface area contributed by atoms with Gasteiger partial charge in [0.2, 0.25) is 0 Å². The van der Waals surface area contributed by atoms with E-state index in [-0.39, 0.29) is 12.5 Å². The standard InChI is InChI=1S/C10H18N2O5/c1-6(2)4-7(9(14)15)12-10(16)11-5-8(13)17-3/h6-7H,4-5H2,1-3H3,(H,14,15)(H2,11,12,16)/t7-/m1/s1. The van der Waals surface area contributed by atoms with Crippen LogP contribution >= 0.6 is 0 Å². The molecule has 1 atom stereocenters. The van der Waals surface area contributed by atoms with E-state index in [1.165, 1.54) is 7.11 Å². The van der Waals surface area contributed by atoms with Crippen molar-refractivity contribution in [3.63, 3.8) is 0 Å². The SMILES string of the molecule is COC(=O)CNC(=O)N[C@H](CC(C)C)C(=O)O. The van der Waals surface area contributed by atoms with Gasteiger partial charge in [-0.1, -0.05) is 13.8 Å². The van der Waals surface area contributed by atoms with Crippen molar-refractivity contribution in [2.45, 2.75) is 26.3 Å². The number of carbonyl (C=O) groups is 3. The van der Waals surface area contributed by atoms with E-state index in [1.807, 2.05) is 13.8 Å². The highest BCUT2D eigenvalue weighted by Crippen LogP contribution is 2.04. The number of amides is 2. The molecule has 0 saturated heterocycles. The van der Waals surface area contributed by atoms with Gasteiger partial charge in [-0.25, -0.2) is 9.59 Å². The second kappa shape index (κ2) is 7.48. The molecule has 0 fully saturated rings. The number of urea groups is 1. The fraction of sp³-hybridized carbons (Fsp3) is 0.700. The van der Waals surface area contributed by atoms with E-state index in [0.717, 1.165) is 0 Å². The molecule has 0 unspecified atom stereocenters. The van der Waals surface area contributed by atoms with Gasteiger partial charge in [-0.3, -0.25) is 4.79 Å². The number of carboxylic acid groups (broad SMARTS) is 1. The maximum atomic E-state index is 11.3. The second-order valence-electron chi connectivity index (χ2n) is 3.92. The Morgan fingerprint density at radius 3 is 2.29 bits per heavy atom. The molecule has 0 spiro atoms. The zero-order valence-corrected chi connectivity index (χ0v) is 10.1. The first-order valence-corrected chi connectivity index (χ1v) is 5.20. The van der Waals surface area contributed by atoms with Crippen molar-refractivity contribution in [1.29, 1.82) is 0 Å². The summed E-state index contributed by atoms with van der Waals surface area (Å²) in [6.45, 7) is 3.41. The Balaban J connectivity index is 4.13. The average Bonchev–Trinajstić information content (AvgIpc) is 2.24. The number of aliphatic carboxylic acids is 1.